The summed E-state index contributed by atoms with van der Waals surface area (Å²) in [7, 11) is 0. The van der Waals surface area contributed by atoms with Crippen LogP contribution in [0.5, 0.6) is 0 Å². The van der Waals surface area contributed by atoms with Gasteiger partial charge in [0.15, 0.2) is 11.6 Å². The van der Waals surface area contributed by atoms with Gasteiger partial charge in [-0.1, -0.05) is 0 Å². The van der Waals surface area contributed by atoms with E-state index in [9.17, 15) is 4.79 Å². The molecule has 5 nitrogen and oxygen atoms in total. The van der Waals surface area contributed by atoms with Crippen molar-refractivity contribution in [3.63, 3.8) is 0 Å². The van der Waals surface area contributed by atoms with Gasteiger partial charge in [-0.15, -0.1) is 0 Å². The van der Waals surface area contributed by atoms with Crippen molar-refractivity contribution in [2.75, 3.05) is 31.9 Å². The van der Waals surface area contributed by atoms with E-state index in [1.807, 2.05) is 0 Å². The molecule has 1 aromatic heterocycles. The van der Waals surface area contributed by atoms with Crippen LogP contribution in [0.15, 0.2) is 16.5 Å². The zero-order valence-corrected chi connectivity index (χ0v) is 9.95. The molecule has 2 heterocycles. The maximum atomic E-state index is 11.6. The lowest BCUT2D eigenvalue weighted by Gasteiger charge is -2.13. The number of amides is 1. The minimum atomic E-state index is -0.192. The van der Waals surface area contributed by atoms with Crippen LogP contribution in [0.2, 0.25) is 0 Å². The van der Waals surface area contributed by atoms with Crippen molar-refractivity contribution in [2.24, 2.45) is 0 Å². The number of nitrogen functional groups attached to an aromatic ring is 1. The van der Waals surface area contributed by atoms with Gasteiger partial charge in [0.1, 0.15) is 0 Å². The fourth-order valence-electron chi connectivity index (χ4n) is 2.07. The Kier molecular flexibility index (Phi) is 4.03. The molecule has 5 heteroatoms. The van der Waals surface area contributed by atoms with Crippen LogP contribution in [0.1, 0.15) is 29.8 Å². The molecule has 3 N–H and O–H groups in total. The third kappa shape index (κ3) is 3.49. The monoisotopic (exact) mass is 237 g/mol. The van der Waals surface area contributed by atoms with Crippen LogP contribution in [-0.4, -0.2) is 37.0 Å². The Bertz CT molecular complexity index is 370. The minimum Gasteiger partial charge on any atom is -0.436 e. The molecule has 0 bridgehead atoms. The molecule has 0 aromatic carbocycles. The molecule has 17 heavy (non-hydrogen) atoms. The number of hydrogen-bond donors (Lipinski definition) is 2. The van der Waals surface area contributed by atoms with Crippen molar-refractivity contribution >= 4 is 11.8 Å². The second-order valence-electron chi connectivity index (χ2n) is 4.36. The molecule has 1 aliphatic rings. The Balaban J connectivity index is 1.63. The lowest BCUT2D eigenvalue weighted by atomic mass is 10.3. The predicted molar refractivity (Wildman–Crippen MR) is 65.7 cm³/mol. The molecule has 1 saturated heterocycles. The van der Waals surface area contributed by atoms with Crippen LogP contribution in [0.4, 0.5) is 5.88 Å². The average molecular weight is 237 g/mol. The molecule has 0 saturated carbocycles. The van der Waals surface area contributed by atoms with Gasteiger partial charge in [0.05, 0.1) is 0 Å². The summed E-state index contributed by atoms with van der Waals surface area (Å²) in [6.45, 7) is 4.13. The number of nitrogens with one attached hydrogen (secondary N) is 1. The standard InChI is InChI=1S/C12H19N3O2/c13-11-5-4-10(17-11)12(16)14-6-3-9-15-7-1-2-8-15/h4-5H,1-3,6-9,13H2,(H,14,16). The van der Waals surface area contributed by atoms with Gasteiger partial charge in [-0.2, -0.15) is 0 Å². The summed E-state index contributed by atoms with van der Waals surface area (Å²) in [6.07, 6.45) is 3.58. The molecule has 0 aliphatic carbocycles. The Labute approximate surface area is 101 Å². The Morgan fingerprint density at radius 1 is 1.41 bits per heavy atom. The number of anilines is 1. The van der Waals surface area contributed by atoms with Gasteiger partial charge in [-0.05, 0) is 45.0 Å². The van der Waals surface area contributed by atoms with E-state index in [0.29, 0.717) is 6.54 Å². The quantitative estimate of drug-likeness (QED) is 0.752. The van der Waals surface area contributed by atoms with Crippen LogP contribution in [-0.2, 0) is 0 Å². The molecule has 94 valence electrons. The summed E-state index contributed by atoms with van der Waals surface area (Å²) >= 11 is 0. The minimum absolute atomic E-state index is 0.192. The smallest absolute Gasteiger partial charge is 0.287 e. The van der Waals surface area contributed by atoms with E-state index >= 15 is 0 Å². The van der Waals surface area contributed by atoms with Crippen LogP contribution in [0.25, 0.3) is 0 Å². The van der Waals surface area contributed by atoms with Crippen LogP contribution in [0.3, 0.4) is 0 Å². The maximum Gasteiger partial charge on any atom is 0.287 e. The SMILES string of the molecule is Nc1ccc(C(=O)NCCCN2CCCC2)o1. The lowest BCUT2D eigenvalue weighted by Crippen LogP contribution is -2.28. The average Bonchev–Trinajstić information content (AvgIpc) is 2.95. The number of hydrogen-bond acceptors (Lipinski definition) is 4. The largest absolute Gasteiger partial charge is 0.436 e. The first-order valence-electron chi connectivity index (χ1n) is 6.11. The maximum absolute atomic E-state index is 11.6. The van der Waals surface area contributed by atoms with Crippen molar-refractivity contribution in [2.45, 2.75) is 19.3 Å². The van der Waals surface area contributed by atoms with Crippen molar-refractivity contribution in [1.82, 2.24) is 10.2 Å². The summed E-state index contributed by atoms with van der Waals surface area (Å²) in [4.78, 5) is 14.0. The normalized spacial score (nSPS) is 16.2. The molecule has 0 unspecified atom stereocenters. The lowest BCUT2D eigenvalue weighted by molar-refractivity contribution is 0.0925. The molecular weight excluding hydrogens is 218 g/mol. The van der Waals surface area contributed by atoms with E-state index in [1.165, 1.54) is 25.9 Å². The third-order valence-corrected chi connectivity index (χ3v) is 2.99. The summed E-state index contributed by atoms with van der Waals surface area (Å²) in [5, 5.41) is 2.82. The number of carbonyl (C=O) groups excluding carboxylic acids is 1. The zero-order valence-electron chi connectivity index (χ0n) is 9.95. The van der Waals surface area contributed by atoms with E-state index in [4.69, 9.17) is 10.2 Å². The molecule has 1 fully saturated rings. The number of likely N-dealkylation sites (tertiary alicyclic amines) is 1. The Hall–Kier alpha value is -1.49. The molecule has 2 rings (SSSR count). The van der Waals surface area contributed by atoms with Gasteiger partial charge >= 0.3 is 0 Å². The van der Waals surface area contributed by atoms with Crippen molar-refractivity contribution in [3.05, 3.63) is 17.9 Å². The first kappa shape index (κ1) is 12.0. The van der Waals surface area contributed by atoms with Crippen molar-refractivity contribution in [3.8, 4) is 0 Å². The number of rotatable bonds is 5. The predicted octanol–water partition coefficient (Wildman–Crippen LogP) is 1.08. The number of furan rings is 1. The molecule has 0 radical (unpaired) electrons. The summed E-state index contributed by atoms with van der Waals surface area (Å²) in [5.41, 5.74) is 5.40. The number of nitrogens with two attached hydrogens (primary N) is 1. The van der Waals surface area contributed by atoms with E-state index in [0.717, 1.165) is 13.0 Å². The molecule has 1 aromatic rings. The van der Waals surface area contributed by atoms with E-state index in [1.54, 1.807) is 12.1 Å². The molecule has 0 atom stereocenters. The van der Waals surface area contributed by atoms with Gasteiger partial charge in [-0.3, -0.25) is 4.79 Å². The second kappa shape index (κ2) is 5.72. The number of nitrogens with zero attached hydrogens (tertiary/aromatic N) is 1. The fourth-order valence-corrected chi connectivity index (χ4v) is 2.07. The highest BCUT2D eigenvalue weighted by Crippen LogP contribution is 2.09. The van der Waals surface area contributed by atoms with Crippen LogP contribution >= 0.6 is 0 Å². The van der Waals surface area contributed by atoms with Crippen molar-refractivity contribution < 1.29 is 9.21 Å². The molecule has 0 spiro atoms. The molecule has 1 aliphatic heterocycles. The van der Waals surface area contributed by atoms with Crippen LogP contribution in [0, 0.1) is 0 Å². The highest BCUT2D eigenvalue weighted by Gasteiger charge is 2.12. The van der Waals surface area contributed by atoms with Gasteiger partial charge in [0.2, 0.25) is 0 Å². The topological polar surface area (TPSA) is 71.5 Å². The van der Waals surface area contributed by atoms with Gasteiger partial charge in [0.25, 0.3) is 5.91 Å². The third-order valence-electron chi connectivity index (χ3n) is 2.99. The van der Waals surface area contributed by atoms with E-state index < -0.39 is 0 Å². The number of carbonyl (C=O) groups is 1. The Morgan fingerprint density at radius 2 is 2.18 bits per heavy atom. The first-order valence-corrected chi connectivity index (χ1v) is 6.11. The van der Waals surface area contributed by atoms with Gasteiger partial charge in [0, 0.05) is 12.6 Å². The Morgan fingerprint density at radius 3 is 2.82 bits per heavy atom. The van der Waals surface area contributed by atoms with Gasteiger partial charge < -0.3 is 20.4 Å². The first-order chi connectivity index (χ1) is 8.25. The highest BCUT2D eigenvalue weighted by atomic mass is 16.4. The van der Waals surface area contributed by atoms with Gasteiger partial charge in [-0.25, -0.2) is 0 Å². The van der Waals surface area contributed by atoms with Crippen molar-refractivity contribution in [1.29, 1.82) is 0 Å². The van der Waals surface area contributed by atoms with Crippen LogP contribution < -0.4 is 11.1 Å². The summed E-state index contributed by atoms with van der Waals surface area (Å²) in [5.74, 6) is 0.360. The fraction of sp³-hybridized carbons (Fsp3) is 0.583. The highest BCUT2D eigenvalue weighted by molar-refractivity contribution is 5.91. The van der Waals surface area contributed by atoms with E-state index in [-0.39, 0.29) is 17.6 Å². The zero-order chi connectivity index (χ0) is 12.1. The molecular formula is C12H19N3O2. The summed E-state index contributed by atoms with van der Waals surface area (Å²) < 4.78 is 5.03. The second-order valence-corrected chi connectivity index (χ2v) is 4.36. The summed E-state index contributed by atoms with van der Waals surface area (Å²) in [6, 6.07) is 3.17. The van der Waals surface area contributed by atoms with E-state index in [2.05, 4.69) is 10.2 Å². The molecule has 1 amide bonds.